The van der Waals surface area contributed by atoms with Crippen LogP contribution in [0.2, 0.25) is 0 Å². The molecular weight excluding hydrogens is 821 g/mol. The second-order valence-corrected chi connectivity index (χ2v) is 20.0. The van der Waals surface area contributed by atoms with Crippen LogP contribution in [0, 0.1) is 0 Å². The molecule has 9 heteroatoms. The number of hydrogen-bond donors (Lipinski definition) is 3. The van der Waals surface area contributed by atoms with E-state index in [0.29, 0.717) is 25.9 Å². The van der Waals surface area contributed by atoms with Crippen LogP contribution in [-0.2, 0) is 19.1 Å². The summed E-state index contributed by atoms with van der Waals surface area (Å²) < 4.78 is 11.6. The molecule has 0 fully saturated rings. The molecule has 0 radical (unpaired) electrons. The van der Waals surface area contributed by atoms with Gasteiger partial charge < -0.3 is 35.0 Å². The van der Waals surface area contributed by atoms with Crippen molar-refractivity contribution < 1.29 is 24.2 Å². The molecule has 0 aromatic carbocycles. The van der Waals surface area contributed by atoms with Crippen LogP contribution in [0.1, 0.15) is 278 Å². The van der Waals surface area contributed by atoms with Gasteiger partial charge in [-0.25, -0.2) is 0 Å². The molecule has 392 valence electrons. The van der Waals surface area contributed by atoms with E-state index in [2.05, 4.69) is 48.3 Å². The van der Waals surface area contributed by atoms with E-state index in [1.807, 2.05) is 20.2 Å². The van der Waals surface area contributed by atoms with Crippen LogP contribution in [0.5, 0.6) is 0 Å². The Bertz CT molecular complexity index is 1060. The highest BCUT2D eigenvalue weighted by Crippen LogP contribution is 2.19. The smallest absolute Gasteiger partial charge is 0.306 e. The number of aliphatic hydroxyl groups excluding tert-OH is 1. The van der Waals surface area contributed by atoms with Gasteiger partial charge in [0.05, 0.1) is 6.61 Å². The fourth-order valence-electron chi connectivity index (χ4n) is 8.89. The number of rotatable bonds is 53. The lowest BCUT2D eigenvalue weighted by molar-refractivity contribution is -0.150. The van der Waals surface area contributed by atoms with E-state index in [-0.39, 0.29) is 18.0 Å². The number of aliphatic hydroxyl groups is 1. The molecule has 66 heavy (non-hydrogen) atoms. The molecule has 0 saturated carbocycles. The Morgan fingerprint density at radius 1 is 0.515 bits per heavy atom. The number of carbonyl (C=O) groups excluding carboxylic acids is 2. The van der Waals surface area contributed by atoms with Crippen molar-refractivity contribution in [3.8, 4) is 0 Å². The zero-order valence-electron chi connectivity index (χ0n) is 45.0. The maximum absolute atomic E-state index is 12.9. The Labute approximate surface area is 410 Å². The molecule has 2 atom stereocenters. The van der Waals surface area contributed by atoms with Crippen molar-refractivity contribution >= 4 is 11.9 Å². The molecule has 1 unspecified atom stereocenters. The van der Waals surface area contributed by atoms with E-state index in [9.17, 15) is 14.7 Å². The van der Waals surface area contributed by atoms with Gasteiger partial charge in [-0.15, -0.1) is 0 Å². The van der Waals surface area contributed by atoms with E-state index in [1.165, 1.54) is 180 Å². The van der Waals surface area contributed by atoms with Crippen molar-refractivity contribution in [2.45, 2.75) is 290 Å². The van der Waals surface area contributed by atoms with E-state index in [4.69, 9.17) is 9.47 Å². The van der Waals surface area contributed by atoms with Crippen LogP contribution < -0.4 is 10.6 Å². The van der Waals surface area contributed by atoms with Crippen molar-refractivity contribution in [2.24, 2.45) is 0 Å². The first-order valence-corrected chi connectivity index (χ1v) is 28.9. The Morgan fingerprint density at radius 2 is 0.924 bits per heavy atom. The summed E-state index contributed by atoms with van der Waals surface area (Å²) in [5.74, 6) is 0.0230. The highest BCUT2D eigenvalue weighted by Gasteiger charge is 2.15. The summed E-state index contributed by atoms with van der Waals surface area (Å²) in [6, 6.07) is 0. The lowest BCUT2D eigenvalue weighted by Crippen LogP contribution is -2.33. The highest BCUT2D eigenvalue weighted by atomic mass is 16.5. The molecule has 0 aliphatic carbocycles. The minimum atomic E-state index is -0.516. The van der Waals surface area contributed by atoms with Gasteiger partial charge in [0.15, 0.2) is 0 Å². The second-order valence-electron chi connectivity index (χ2n) is 20.0. The van der Waals surface area contributed by atoms with Gasteiger partial charge >= 0.3 is 11.9 Å². The third-order valence-corrected chi connectivity index (χ3v) is 13.4. The summed E-state index contributed by atoms with van der Waals surface area (Å²) in [5.41, 5.74) is 1.07. The minimum absolute atomic E-state index is 0.0132. The quantitative estimate of drug-likeness (QED) is 0.0312. The fraction of sp³-hybridized carbons (Fsp3) is 0.930. The molecule has 0 spiro atoms. The zero-order valence-corrected chi connectivity index (χ0v) is 45.0. The molecule has 0 aromatic rings. The van der Waals surface area contributed by atoms with Gasteiger partial charge in [-0.05, 0) is 104 Å². The summed E-state index contributed by atoms with van der Waals surface area (Å²) >= 11 is 0. The number of nitrogens with zero attached hydrogens (tertiary/aromatic N) is 2. The summed E-state index contributed by atoms with van der Waals surface area (Å²) in [7, 11) is 4.12. The summed E-state index contributed by atoms with van der Waals surface area (Å²) in [6.45, 7) is 14.6. The molecule has 0 aliphatic rings. The normalized spacial score (nSPS) is 12.8. The first kappa shape index (κ1) is 64.2. The Hall–Kier alpha value is -1.84. The summed E-state index contributed by atoms with van der Waals surface area (Å²) in [4.78, 5) is 30.1. The maximum atomic E-state index is 12.9. The molecule has 9 nitrogen and oxygen atoms in total. The van der Waals surface area contributed by atoms with Crippen molar-refractivity contribution in [3.05, 3.63) is 11.9 Å². The summed E-state index contributed by atoms with van der Waals surface area (Å²) in [6.07, 6.45) is 47.4. The number of carbonyl (C=O) groups is 2. The molecule has 3 N–H and O–H groups in total. The first-order valence-electron chi connectivity index (χ1n) is 28.9. The van der Waals surface area contributed by atoms with Gasteiger partial charge in [-0.1, -0.05) is 195 Å². The van der Waals surface area contributed by atoms with Crippen LogP contribution >= 0.6 is 0 Å². The van der Waals surface area contributed by atoms with Gasteiger partial charge in [0.2, 0.25) is 0 Å². The Morgan fingerprint density at radius 3 is 1.39 bits per heavy atom. The predicted octanol–water partition coefficient (Wildman–Crippen LogP) is 14.9. The maximum Gasteiger partial charge on any atom is 0.306 e. The van der Waals surface area contributed by atoms with Crippen LogP contribution in [-0.4, -0.2) is 92.6 Å². The monoisotopic (exact) mass is 935 g/mol. The average molecular weight is 936 g/mol. The lowest BCUT2D eigenvalue weighted by Gasteiger charge is -2.25. The fourth-order valence-corrected chi connectivity index (χ4v) is 8.89. The molecular formula is C57H114N4O5. The molecule has 0 bridgehead atoms. The Balaban J connectivity index is 4.58. The number of nitrogens with one attached hydrogen (secondary N) is 2. The largest absolute Gasteiger partial charge is 0.466 e. The number of ether oxygens (including phenoxy) is 2. The van der Waals surface area contributed by atoms with Crippen LogP contribution in [0.25, 0.3) is 0 Å². The lowest BCUT2D eigenvalue weighted by atomic mass is 10.0. The molecule has 0 aliphatic heterocycles. The average Bonchev–Trinajstić information content (AvgIpc) is 3.31. The van der Waals surface area contributed by atoms with Crippen molar-refractivity contribution in [1.29, 1.82) is 0 Å². The SMILES string of the molecule is CCCCCCCCCOC(=O)CCCCCCCCN(CCCCCCCCCC(=O)O[C@@H](CCCCCCCC)CCCCCCCCC)CCCN(C)C/C(=C/NC(O)CC)NC. The van der Waals surface area contributed by atoms with Gasteiger partial charge in [0.1, 0.15) is 12.3 Å². The molecule has 0 aromatic heterocycles. The summed E-state index contributed by atoms with van der Waals surface area (Å²) in [5, 5.41) is 16.3. The van der Waals surface area contributed by atoms with Crippen LogP contribution in [0.4, 0.5) is 0 Å². The van der Waals surface area contributed by atoms with Gasteiger partial charge in [0, 0.05) is 38.3 Å². The third-order valence-electron chi connectivity index (χ3n) is 13.4. The Kier molecular flexibility index (Phi) is 49.6. The van der Waals surface area contributed by atoms with E-state index in [1.54, 1.807) is 0 Å². The molecule has 0 saturated heterocycles. The second kappa shape index (κ2) is 51.0. The number of unbranched alkanes of at least 4 members (excludes halogenated alkanes) is 28. The zero-order chi connectivity index (χ0) is 48.4. The molecule has 0 heterocycles. The highest BCUT2D eigenvalue weighted by molar-refractivity contribution is 5.69. The van der Waals surface area contributed by atoms with E-state index >= 15 is 0 Å². The number of hydrogen-bond acceptors (Lipinski definition) is 9. The first-order chi connectivity index (χ1) is 32.3. The van der Waals surface area contributed by atoms with Gasteiger partial charge in [-0.3, -0.25) is 9.59 Å². The number of likely N-dealkylation sites (N-methyl/N-ethyl adjacent to an activating group) is 2. The van der Waals surface area contributed by atoms with E-state index < -0.39 is 6.23 Å². The molecule has 0 amide bonds. The van der Waals surface area contributed by atoms with E-state index in [0.717, 1.165) is 89.8 Å². The van der Waals surface area contributed by atoms with Crippen LogP contribution in [0.15, 0.2) is 11.9 Å². The molecule has 0 rings (SSSR count). The topological polar surface area (TPSA) is 103 Å². The van der Waals surface area contributed by atoms with Gasteiger partial charge in [-0.2, -0.15) is 0 Å². The van der Waals surface area contributed by atoms with Crippen molar-refractivity contribution in [2.75, 3.05) is 53.4 Å². The standard InChI is InChI=1S/C57H114N4O5/c1-7-11-14-17-21-28-35-43-54(42-34-27-19-16-13-9-3)66-57(64)45-37-30-22-20-24-31-38-47-61(49-41-46-60(6)52-53(58-5)51-59-55(62)10-4)48-39-32-25-23-29-36-44-56(63)65-50-40-33-26-18-15-12-8-2/h51,54-55,58-59,62H,7-50,52H2,1-6H3/b53-51-/t54-,55?/m0/s1. The predicted molar refractivity (Wildman–Crippen MR) is 284 cm³/mol. The van der Waals surface area contributed by atoms with Gasteiger partial charge in [0.25, 0.3) is 0 Å². The number of esters is 2. The van der Waals surface area contributed by atoms with Crippen molar-refractivity contribution in [1.82, 2.24) is 20.4 Å². The third kappa shape index (κ3) is 45.9. The van der Waals surface area contributed by atoms with Crippen molar-refractivity contribution in [3.63, 3.8) is 0 Å². The minimum Gasteiger partial charge on any atom is -0.466 e. The van der Waals surface area contributed by atoms with Crippen LogP contribution in [0.3, 0.4) is 0 Å².